The molecule has 0 radical (unpaired) electrons. The van der Waals surface area contributed by atoms with Gasteiger partial charge in [0.05, 0.1) is 0 Å². The van der Waals surface area contributed by atoms with Gasteiger partial charge in [-0.15, -0.1) is 0 Å². The van der Waals surface area contributed by atoms with E-state index in [1.165, 1.54) is 0 Å². The standard InChI is InChI=1S/C13H16F5NS/c1-9(5-4-8-13(16,17)18)19-10-6-2-3-7-11(10)20-12(14)15/h2-3,6-7,9,12,19H,4-5,8H2,1H3. The second-order valence-corrected chi connectivity index (χ2v) is 5.46. The van der Waals surface area contributed by atoms with Crippen LogP contribution in [0.2, 0.25) is 0 Å². The van der Waals surface area contributed by atoms with E-state index >= 15 is 0 Å². The first-order chi connectivity index (χ1) is 9.28. The fraction of sp³-hybridized carbons (Fsp3) is 0.538. The molecule has 0 fully saturated rings. The number of benzene rings is 1. The van der Waals surface area contributed by atoms with Crippen molar-refractivity contribution in [1.82, 2.24) is 0 Å². The van der Waals surface area contributed by atoms with Crippen LogP contribution in [-0.4, -0.2) is 18.0 Å². The number of anilines is 1. The fourth-order valence-corrected chi connectivity index (χ4v) is 2.33. The van der Waals surface area contributed by atoms with Gasteiger partial charge < -0.3 is 5.32 Å². The third kappa shape index (κ3) is 6.98. The number of hydrogen-bond acceptors (Lipinski definition) is 2. The first-order valence-electron chi connectivity index (χ1n) is 6.15. The summed E-state index contributed by atoms with van der Waals surface area (Å²) < 4.78 is 60.9. The lowest BCUT2D eigenvalue weighted by Gasteiger charge is -2.18. The topological polar surface area (TPSA) is 12.0 Å². The molecule has 0 bridgehead atoms. The average molecular weight is 313 g/mol. The second kappa shape index (κ2) is 7.71. The van der Waals surface area contributed by atoms with Crippen molar-refractivity contribution in [2.45, 2.75) is 49.1 Å². The molecule has 0 aliphatic carbocycles. The molecule has 1 atom stereocenters. The summed E-state index contributed by atoms with van der Waals surface area (Å²) in [6.45, 7) is 1.74. The van der Waals surface area contributed by atoms with Gasteiger partial charge in [-0.05, 0) is 31.9 Å². The lowest BCUT2D eigenvalue weighted by atomic mass is 10.1. The first-order valence-corrected chi connectivity index (χ1v) is 7.03. The van der Waals surface area contributed by atoms with Crippen LogP contribution in [0.1, 0.15) is 26.2 Å². The number of nitrogens with one attached hydrogen (secondary N) is 1. The SMILES string of the molecule is CC(CCCC(F)(F)F)Nc1ccccc1SC(F)F. The van der Waals surface area contributed by atoms with Crippen LogP contribution in [0.25, 0.3) is 0 Å². The first kappa shape index (κ1) is 17.1. The summed E-state index contributed by atoms with van der Waals surface area (Å²) in [5, 5.41) is 2.98. The zero-order valence-corrected chi connectivity index (χ0v) is 11.7. The zero-order valence-electron chi connectivity index (χ0n) is 10.9. The summed E-state index contributed by atoms with van der Waals surface area (Å²) in [5.74, 6) is -2.53. The van der Waals surface area contributed by atoms with Gasteiger partial charge in [0, 0.05) is 23.0 Å². The molecule has 1 N–H and O–H groups in total. The van der Waals surface area contributed by atoms with Gasteiger partial charge in [0.25, 0.3) is 5.76 Å². The van der Waals surface area contributed by atoms with Crippen LogP contribution >= 0.6 is 11.8 Å². The van der Waals surface area contributed by atoms with E-state index in [0.29, 0.717) is 28.8 Å². The van der Waals surface area contributed by atoms with E-state index in [1.54, 1.807) is 31.2 Å². The predicted octanol–water partition coefficient (Wildman–Crippen LogP) is 5.53. The van der Waals surface area contributed by atoms with E-state index in [4.69, 9.17) is 0 Å². The van der Waals surface area contributed by atoms with Gasteiger partial charge in [-0.2, -0.15) is 22.0 Å². The number of thioether (sulfide) groups is 1. The second-order valence-electron chi connectivity index (χ2n) is 4.43. The van der Waals surface area contributed by atoms with Crippen molar-refractivity contribution in [3.8, 4) is 0 Å². The summed E-state index contributed by atoms with van der Waals surface area (Å²) in [5.41, 5.74) is 0.525. The summed E-state index contributed by atoms with van der Waals surface area (Å²) in [6.07, 6.45) is -4.63. The monoisotopic (exact) mass is 313 g/mol. The molecule has 1 unspecified atom stereocenters. The van der Waals surface area contributed by atoms with Gasteiger partial charge in [0.2, 0.25) is 0 Å². The molecule has 0 aliphatic rings. The summed E-state index contributed by atoms with van der Waals surface area (Å²) >= 11 is 0.419. The van der Waals surface area contributed by atoms with Crippen LogP contribution in [0, 0.1) is 0 Å². The number of rotatable bonds is 7. The van der Waals surface area contributed by atoms with Crippen molar-refractivity contribution in [3.05, 3.63) is 24.3 Å². The summed E-state index contributed by atoms with van der Waals surface area (Å²) in [4.78, 5) is 0.394. The Labute approximate surface area is 118 Å². The molecule has 0 saturated carbocycles. The average Bonchev–Trinajstić information content (AvgIpc) is 2.29. The van der Waals surface area contributed by atoms with Crippen LogP contribution in [0.15, 0.2) is 29.2 Å². The Hall–Kier alpha value is -0.980. The Morgan fingerprint density at radius 2 is 1.85 bits per heavy atom. The van der Waals surface area contributed by atoms with E-state index in [1.807, 2.05) is 0 Å². The smallest absolute Gasteiger partial charge is 0.382 e. The van der Waals surface area contributed by atoms with Crippen LogP contribution in [0.5, 0.6) is 0 Å². The van der Waals surface area contributed by atoms with Crippen LogP contribution in [-0.2, 0) is 0 Å². The molecule has 1 nitrogen and oxygen atoms in total. The molecule has 0 spiro atoms. The Bertz CT molecular complexity index is 408. The molecule has 1 aromatic rings. The maximum Gasteiger partial charge on any atom is 0.389 e. The van der Waals surface area contributed by atoms with Crippen molar-refractivity contribution < 1.29 is 22.0 Å². The zero-order chi connectivity index (χ0) is 15.2. The van der Waals surface area contributed by atoms with Crippen molar-refractivity contribution in [3.63, 3.8) is 0 Å². The molecule has 7 heteroatoms. The molecule has 0 amide bonds. The van der Waals surface area contributed by atoms with Gasteiger partial charge >= 0.3 is 6.18 Å². The largest absolute Gasteiger partial charge is 0.389 e. The lowest BCUT2D eigenvalue weighted by Crippen LogP contribution is -2.17. The maximum absolute atomic E-state index is 12.4. The quantitative estimate of drug-likeness (QED) is 0.524. The van der Waals surface area contributed by atoms with Gasteiger partial charge in [0.15, 0.2) is 0 Å². The molecule has 1 aromatic carbocycles. The highest BCUT2D eigenvalue weighted by Gasteiger charge is 2.26. The molecular weight excluding hydrogens is 297 g/mol. The highest BCUT2D eigenvalue weighted by Crippen LogP contribution is 2.32. The highest BCUT2D eigenvalue weighted by atomic mass is 32.2. The number of para-hydroxylation sites is 1. The molecule has 0 aromatic heterocycles. The van der Waals surface area contributed by atoms with Gasteiger partial charge in [0.1, 0.15) is 0 Å². The van der Waals surface area contributed by atoms with Gasteiger partial charge in [-0.3, -0.25) is 0 Å². The molecule has 0 heterocycles. The van der Waals surface area contributed by atoms with Crippen molar-refractivity contribution in [2.24, 2.45) is 0 Å². The Morgan fingerprint density at radius 3 is 2.45 bits per heavy atom. The number of alkyl halides is 5. The maximum atomic E-state index is 12.4. The van der Waals surface area contributed by atoms with Crippen molar-refractivity contribution >= 4 is 17.4 Å². The minimum Gasteiger partial charge on any atom is -0.382 e. The van der Waals surface area contributed by atoms with E-state index in [0.717, 1.165) is 0 Å². The highest BCUT2D eigenvalue weighted by molar-refractivity contribution is 7.99. The predicted molar refractivity (Wildman–Crippen MR) is 71.3 cm³/mol. The molecule has 20 heavy (non-hydrogen) atoms. The Balaban J connectivity index is 2.51. The Morgan fingerprint density at radius 1 is 1.20 bits per heavy atom. The normalized spacial score (nSPS) is 13.6. The molecule has 0 aliphatic heterocycles. The van der Waals surface area contributed by atoms with E-state index in [9.17, 15) is 22.0 Å². The molecular formula is C13H16F5NS. The van der Waals surface area contributed by atoms with Crippen LogP contribution in [0.4, 0.5) is 27.6 Å². The molecule has 0 saturated heterocycles. The van der Waals surface area contributed by atoms with Gasteiger partial charge in [-0.1, -0.05) is 23.9 Å². The molecule has 1 rings (SSSR count). The van der Waals surface area contributed by atoms with Crippen LogP contribution in [0.3, 0.4) is 0 Å². The van der Waals surface area contributed by atoms with Crippen molar-refractivity contribution in [2.75, 3.05) is 5.32 Å². The van der Waals surface area contributed by atoms with E-state index in [2.05, 4.69) is 5.32 Å². The molecule has 114 valence electrons. The van der Waals surface area contributed by atoms with Crippen LogP contribution < -0.4 is 5.32 Å². The Kier molecular flexibility index (Phi) is 6.58. The minimum absolute atomic E-state index is 0.0157. The minimum atomic E-state index is -4.15. The van der Waals surface area contributed by atoms with Crippen molar-refractivity contribution in [1.29, 1.82) is 0 Å². The summed E-state index contributed by atoms with van der Waals surface area (Å²) in [7, 11) is 0. The third-order valence-electron chi connectivity index (χ3n) is 2.60. The lowest BCUT2D eigenvalue weighted by molar-refractivity contribution is -0.135. The fourth-order valence-electron chi connectivity index (χ4n) is 1.73. The number of halogens is 5. The summed E-state index contributed by atoms with van der Waals surface area (Å²) in [6, 6.07) is 6.33. The number of hydrogen-bond donors (Lipinski definition) is 1. The van der Waals surface area contributed by atoms with Gasteiger partial charge in [-0.25, -0.2) is 0 Å². The van der Waals surface area contributed by atoms with E-state index in [-0.39, 0.29) is 12.5 Å². The third-order valence-corrected chi connectivity index (χ3v) is 3.39. The van der Waals surface area contributed by atoms with E-state index < -0.39 is 18.4 Å².